The first kappa shape index (κ1) is 12.8. The first-order valence-corrected chi connectivity index (χ1v) is 7.00. The Morgan fingerprint density at radius 2 is 2.24 bits per heavy atom. The van der Waals surface area contributed by atoms with Crippen molar-refractivity contribution >= 4 is 39.3 Å². The van der Waals surface area contributed by atoms with Crippen LogP contribution in [0.25, 0.3) is 11.2 Å². The molecule has 0 aliphatic carbocycles. The van der Waals surface area contributed by atoms with Crippen molar-refractivity contribution in [1.82, 2.24) is 14.5 Å². The Kier molecular flexibility index (Phi) is 3.68. The molecule has 0 spiro atoms. The third kappa shape index (κ3) is 2.31. The third-order valence-corrected chi connectivity index (χ3v) is 4.13. The zero-order valence-corrected chi connectivity index (χ0v) is 12.6. The van der Waals surface area contributed by atoms with E-state index < -0.39 is 0 Å². The molecule has 2 atom stereocenters. The van der Waals surface area contributed by atoms with Gasteiger partial charge in [0.05, 0.1) is 5.52 Å². The number of hydrogen-bond acceptors (Lipinski definition) is 2. The normalized spacial score (nSPS) is 15.1. The van der Waals surface area contributed by atoms with E-state index in [0.29, 0.717) is 12.0 Å². The minimum Gasteiger partial charge on any atom is -0.329 e. The molecule has 17 heavy (non-hydrogen) atoms. The van der Waals surface area contributed by atoms with Crippen molar-refractivity contribution in [2.75, 3.05) is 0 Å². The second-order valence-electron chi connectivity index (χ2n) is 4.45. The summed E-state index contributed by atoms with van der Waals surface area (Å²) in [4.78, 5) is 7.67. The lowest BCUT2D eigenvalue weighted by molar-refractivity contribution is 0.373. The average Bonchev–Trinajstić information content (AvgIpc) is 2.62. The molecule has 3 nitrogen and oxygen atoms in total. The van der Waals surface area contributed by atoms with Gasteiger partial charge in [0.15, 0.2) is 10.4 Å². The number of imidazole rings is 1. The Morgan fingerprint density at radius 3 is 2.88 bits per heavy atom. The van der Waals surface area contributed by atoms with Crippen LogP contribution in [0.15, 0.2) is 16.7 Å². The molecule has 0 bridgehead atoms. The van der Waals surface area contributed by atoms with Crippen molar-refractivity contribution in [3.63, 3.8) is 0 Å². The Bertz CT molecular complexity index is 587. The van der Waals surface area contributed by atoms with Crippen molar-refractivity contribution in [3.05, 3.63) is 21.5 Å². The van der Waals surface area contributed by atoms with Gasteiger partial charge in [-0.3, -0.25) is 4.57 Å². The molecule has 2 rings (SSSR count). The summed E-state index contributed by atoms with van der Waals surface area (Å²) in [6, 6.07) is 2.37. The van der Waals surface area contributed by atoms with E-state index in [1.807, 2.05) is 12.3 Å². The van der Waals surface area contributed by atoms with Crippen LogP contribution in [0, 0.1) is 10.7 Å². The molecule has 0 saturated heterocycles. The summed E-state index contributed by atoms with van der Waals surface area (Å²) in [6.45, 7) is 6.63. The van der Waals surface area contributed by atoms with Crippen molar-refractivity contribution in [2.24, 2.45) is 5.92 Å². The first-order chi connectivity index (χ1) is 8.04. The number of hydrogen-bond donors (Lipinski definition) is 1. The van der Waals surface area contributed by atoms with Crippen molar-refractivity contribution < 1.29 is 0 Å². The molecular formula is C12H16BrN3S. The molecule has 0 aliphatic rings. The lowest BCUT2D eigenvalue weighted by Gasteiger charge is -2.20. The van der Waals surface area contributed by atoms with Crippen LogP contribution < -0.4 is 0 Å². The highest BCUT2D eigenvalue weighted by Crippen LogP contribution is 2.26. The van der Waals surface area contributed by atoms with E-state index in [0.717, 1.165) is 26.8 Å². The summed E-state index contributed by atoms with van der Waals surface area (Å²) < 4.78 is 3.83. The number of H-pyrrole nitrogens is 1. The standard InChI is InChI=1S/C12H16BrN3S/c1-4-7(2)8(3)16-11-10(15-12(16)17)5-9(13)6-14-11/h5-8H,4H2,1-3H3,(H,15,17). The molecule has 1 N–H and O–H groups in total. The number of aromatic amines is 1. The molecular weight excluding hydrogens is 298 g/mol. The van der Waals surface area contributed by atoms with Crippen molar-refractivity contribution in [3.8, 4) is 0 Å². The molecule has 0 aromatic carbocycles. The number of rotatable bonds is 3. The zero-order chi connectivity index (χ0) is 12.6. The van der Waals surface area contributed by atoms with Crippen molar-refractivity contribution in [2.45, 2.75) is 33.2 Å². The van der Waals surface area contributed by atoms with E-state index in [1.165, 1.54) is 0 Å². The van der Waals surface area contributed by atoms with Crippen molar-refractivity contribution in [1.29, 1.82) is 0 Å². The summed E-state index contributed by atoms with van der Waals surface area (Å²) in [5.74, 6) is 0.575. The highest BCUT2D eigenvalue weighted by Gasteiger charge is 2.17. The number of halogens is 1. The van der Waals surface area contributed by atoms with Gasteiger partial charge in [-0.05, 0) is 47.1 Å². The van der Waals surface area contributed by atoms with Gasteiger partial charge in [-0.15, -0.1) is 0 Å². The summed E-state index contributed by atoms with van der Waals surface area (Å²) in [5, 5.41) is 0. The Labute approximate surface area is 114 Å². The van der Waals surface area contributed by atoms with E-state index in [-0.39, 0.29) is 0 Å². The van der Waals surface area contributed by atoms with E-state index in [1.54, 1.807) is 0 Å². The van der Waals surface area contributed by atoms with Gasteiger partial charge in [0.25, 0.3) is 0 Å². The molecule has 0 radical (unpaired) electrons. The zero-order valence-electron chi connectivity index (χ0n) is 10.2. The molecule has 0 aliphatic heterocycles. The van der Waals surface area contributed by atoms with Crippen LogP contribution in [0.4, 0.5) is 0 Å². The van der Waals surface area contributed by atoms with Gasteiger partial charge in [0.1, 0.15) is 0 Å². The topological polar surface area (TPSA) is 33.6 Å². The maximum atomic E-state index is 5.39. The highest BCUT2D eigenvalue weighted by molar-refractivity contribution is 9.10. The minimum absolute atomic E-state index is 0.356. The van der Waals surface area contributed by atoms with Crippen LogP contribution in [0.1, 0.15) is 33.2 Å². The molecule has 0 fully saturated rings. The fraction of sp³-hybridized carbons (Fsp3) is 0.500. The Hall–Kier alpha value is -0.680. The number of aromatic nitrogens is 3. The van der Waals surface area contributed by atoms with E-state index in [2.05, 4.69) is 51.2 Å². The lowest BCUT2D eigenvalue weighted by Crippen LogP contribution is -2.13. The van der Waals surface area contributed by atoms with Crippen LogP contribution in [0.2, 0.25) is 0 Å². The predicted octanol–water partition coefficient (Wildman–Crippen LogP) is 4.46. The quantitative estimate of drug-likeness (QED) is 0.848. The molecule has 0 amide bonds. The van der Waals surface area contributed by atoms with E-state index in [9.17, 15) is 0 Å². The van der Waals surface area contributed by atoms with Crippen LogP contribution in [-0.2, 0) is 0 Å². The van der Waals surface area contributed by atoms with Gasteiger partial charge >= 0.3 is 0 Å². The van der Waals surface area contributed by atoms with Crippen LogP contribution in [0.3, 0.4) is 0 Å². The molecule has 2 aromatic rings. The summed E-state index contributed by atoms with van der Waals surface area (Å²) in [5.41, 5.74) is 1.92. The smallest absolute Gasteiger partial charge is 0.179 e. The second kappa shape index (κ2) is 4.90. The Morgan fingerprint density at radius 1 is 1.53 bits per heavy atom. The van der Waals surface area contributed by atoms with Crippen LogP contribution >= 0.6 is 28.1 Å². The van der Waals surface area contributed by atoms with E-state index in [4.69, 9.17) is 12.2 Å². The molecule has 5 heteroatoms. The fourth-order valence-electron chi connectivity index (χ4n) is 1.96. The van der Waals surface area contributed by atoms with Gasteiger partial charge in [-0.25, -0.2) is 4.98 Å². The van der Waals surface area contributed by atoms with Gasteiger partial charge < -0.3 is 4.98 Å². The van der Waals surface area contributed by atoms with Gasteiger partial charge in [-0.2, -0.15) is 0 Å². The fourth-order valence-corrected chi connectivity index (χ4v) is 2.66. The lowest BCUT2D eigenvalue weighted by atomic mass is 10.0. The summed E-state index contributed by atoms with van der Waals surface area (Å²) in [6.07, 6.45) is 2.94. The highest BCUT2D eigenvalue weighted by atomic mass is 79.9. The number of nitrogens with one attached hydrogen (secondary N) is 1. The average molecular weight is 314 g/mol. The summed E-state index contributed by atoms with van der Waals surface area (Å²) in [7, 11) is 0. The van der Waals surface area contributed by atoms with Gasteiger partial charge in [0.2, 0.25) is 0 Å². The number of nitrogens with zero attached hydrogens (tertiary/aromatic N) is 2. The molecule has 0 saturated carbocycles. The molecule has 92 valence electrons. The first-order valence-electron chi connectivity index (χ1n) is 5.80. The number of fused-ring (bicyclic) bond motifs is 1. The molecule has 2 aromatic heterocycles. The van der Waals surface area contributed by atoms with E-state index >= 15 is 0 Å². The third-order valence-electron chi connectivity index (χ3n) is 3.40. The maximum absolute atomic E-state index is 5.39. The molecule has 2 unspecified atom stereocenters. The monoisotopic (exact) mass is 313 g/mol. The van der Waals surface area contributed by atoms with Crippen LogP contribution in [0.5, 0.6) is 0 Å². The second-order valence-corrected chi connectivity index (χ2v) is 5.75. The minimum atomic E-state index is 0.356. The SMILES string of the molecule is CCC(C)C(C)n1c(=S)[nH]c2cc(Br)cnc21. The Balaban J connectivity index is 2.61. The molecule has 2 heterocycles. The van der Waals surface area contributed by atoms with Gasteiger partial charge in [-0.1, -0.05) is 20.3 Å². The van der Waals surface area contributed by atoms with Crippen LogP contribution in [-0.4, -0.2) is 14.5 Å². The summed E-state index contributed by atoms with van der Waals surface area (Å²) >= 11 is 8.81. The number of pyridine rings is 1. The largest absolute Gasteiger partial charge is 0.329 e. The maximum Gasteiger partial charge on any atom is 0.179 e. The van der Waals surface area contributed by atoms with Gasteiger partial charge in [0, 0.05) is 16.7 Å². The predicted molar refractivity (Wildman–Crippen MR) is 76.8 cm³/mol.